The molecule has 0 amide bonds. The number of benzene rings is 4. The van der Waals surface area contributed by atoms with E-state index in [-0.39, 0.29) is 24.4 Å². The zero-order chi connectivity index (χ0) is 26.5. The molecule has 5 nitrogen and oxygen atoms in total. The molecule has 1 saturated heterocycles. The van der Waals surface area contributed by atoms with Gasteiger partial charge < -0.3 is 23.7 Å². The maximum absolute atomic E-state index is 6.58. The summed E-state index contributed by atoms with van der Waals surface area (Å²) in [5.41, 5.74) is 4.42. The van der Waals surface area contributed by atoms with Gasteiger partial charge in [-0.3, -0.25) is 0 Å². The smallest absolute Gasteiger partial charge is 0.115 e. The lowest BCUT2D eigenvalue weighted by molar-refractivity contribution is -0.246. The van der Waals surface area contributed by atoms with Gasteiger partial charge in [0.2, 0.25) is 0 Å². The summed E-state index contributed by atoms with van der Waals surface area (Å²) >= 11 is 0. The van der Waals surface area contributed by atoms with Crippen molar-refractivity contribution < 1.29 is 23.7 Å². The molecule has 0 saturated carbocycles. The van der Waals surface area contributed by atoms with Gasteiger partial charge in [-0.1, -0.05) is 121 Å². The molecule has 0 N–H and O–H groups in total. The van der Waals surface area contributed by atoms with Gasteiger partial charge in [-0.05, 0) is 22.3 Å². The van der Waals surface area contributed by atoms with Crippen LogP contribution < -0.4 is 0 Å². The van der Waals surface area contributed by atoms with Crippen molar-refractivity contribution in [2.45, 2.75) is 50.8 Å². The van der Waals surface area contributed by atoms with Crippen LogP contribution in [0.2, 0.25) is 0 Å². The Morgan fingerprint density at radius 3 is 1.38 bits per heavy atom. The minimum Gasteiger partial charge on any atom is -0.374 e. The predicted octanol–water partition coefficient (Wildman–Crippen LogP) is 6.36. The molecule has 0 aliphatic carbocycles. The zero-order valence-corrected chi connectivity index (χ0v) is 22.1. The number of hydrogen-bond donors (Lipinski definition) is 0. The van der Waals surface area contributed by atoms with Crippen LogP contribution >= 0.6 is 0 Å². The van der Waals surface area contributed by atoms with Crippen molar-refractivity contribution in [3.63, 3.8) is 0 Å². The van der Waals surface area contributed by atoms with Crippen LogP contribution in [0.3, 0.4) is 0 Å². The topological polar surface area (TPSA) is 46.2 Å². The highest BCUT2D eigenvalue weighted by Crippen LogP contribution is 2.27. The van der Waals surface area contributed by atoms with Gasteiger partial charge in [0, 0.05) is 0 Å². The fourth-order valence-electron chi connectivity index (χ4n) is 4.70. The van der Waals surface area contributed by atoms with Crippen LogP contribution in [-0.2, 0) is 50.1 Å². The predicted molar refractivity (Wildman–Crippen MR) is 151 cm³/mol. The molecule has 1 heterocycles. The summed E-state index contributed by atoms with van der Waals surface area (Å²) in [6.45, 7) is 2.68. The minimum atomic E-state index is -0.376. The normalized spacial score (nSPS) is 21.0. The second-order valence-corrected chi connectivity index (χ2v) is 9.73. The molecule has 5 rings (SSSR count). The monoisotopic (exact) mass is 524 g/mol. The van der Waals surface area contributed by atoms with E-state index in [1.807, 2.05) is 72.8 Å². The summed E-state index contributed by atoms with van der Waals surface area (Å²) in [7, 11) is 0. The molecular formula is C34H36O5. The van der Waals surface area contributed by atoms with E-state index in [4.69, 9.17) is 23.7 Å². The maximum Gasteiger partial charge on any atom is 0.115 e. The zero-order valence-electron chi connectivity index (χ0n) is 22.1. The maximum atomic E-state index is 6.58. The van der Waals surface area contributed by atoms with Gasteiger partial charge in [0.1, 0.15) is 24.4 Å². The van der Waals surface area contributed by atoms with Crippen molar-refractivity contribution in [2.75, 3.05) is 13.2 Å². The molecule has 0 aromatic heterocycles. The Balaban J connectivity index is 1.32. The van der Waals surface area contributed by atoms with Crippen molar-refractivity contribution in [3.8, 4) is 0 Å². The van der Waals surface area contributed by atoms with E-state index in [1.54, 1.807) is 0 Å². The van der Waals surface area contributed by atoms with Crippen molar-refractivity contribution in [2.24, 2.45) is 0 Å². The van der Waals surface area contributed by atoms with Crippen molar-refractivity contribution >= 4 is 0 Å². The second-order valence-electron chi connectivity index (χ2n) is 9.73. The molecule has 0 spiro atoms. The third-order valence-corrected chi connectivity index (χ3v) is 6.80. The van der Waals surface area contributed by atoms with E-state index < -0.39 is 0 Å². The largest absolute Gasteiger partial charge is 0.374 e. The van der Waals surface area contributed by atoms with Gasteiger partial charge in [-0.15, -0.1) is 0 Å². The summed E-state index contributed by atoms with van der Waals surface area (Å²) in [4.78, 5) is 0. The molecule has 5 heteroatoms. The summed E-state index contributed by atoms with van der Waals surface area (Å²) in [6, 6.07) is 40.7. The lowest BCUT2D eigenvalue weighted by Crippen LogP contribution is -2.57. The van der Waals surface area contributed by atoms with Crippen molar-refractivity contribution in [1.29, 1.82) is 0 Å². The van der Waals surface area contributed by atoms with Crippen LogP contribution in [0.25, 0.3) is 0 Å². The van der Waals surface area contributed by atoms with E-state index in [1.165, 1.54) is 0 Å². The molecule has 3 unspecified atom stereocenters. The van der Waals surface area contributed by atoms with E-state index in [0.717, 1.165) is 22.3 Å². The molecule has 0 radical (unpaired) electrons. The van der Waals surface area contributed by atoms with Crippen LogP contribution in [0.5, 0.6) is 0 Å². The molecule has 4 aromatic carbocycles. The lowest BCUT2D eigenvalue weighted by atomic mass is 9.99. The van der Waals surface area contributed by atoms with Gasteiger partial charge >= 0.3 is 0 Å². The highest BCUT2D eigenvalue weighted by Gasteiger charge is 2.43. The number of hydrogen-bond acceptors (Lipinski definition) is 5. The van der Waals surface area contributed by atoms with Crippen LogP contribution in [-0.4, -0.2) is 37.6 Å². The van der Waals surface area contributed by atoms with E-state index in [2.05, 4.69) is 48.5 Å². The third kappa shape index (κ3) is 8.33. The van der Waals surface area contributed by atoms with Crippen LogP contribution in [0.15, 0.2) is 121 Å². The standard InChI is InChI=1S/C34H36O5/c1-5-13-27(14-6-1)21-35-25-31-33(38-23-29-17-9-3-10-18-29)34(39-24-30-19-11-4-12-20-30)32(26-37-31)36-22-28-15-7-2-8-16-28/h1-20,31-34H,21-26H2/t31?,32?,33-,34?/m1/s1. The first-order chi connectivity index (χ1) is 19.3. The molecule has 0 bridgehead atoms. The summed E-state index contributed by atoms with van der Waals surface area (Å²) in [5, 5.41) is 0. The van der Waals surface area contributed by atoms with E-state index in [0.29, 0.717) is 39.6 Å². The first-order valence-corrected chi connectivity index (χ1v) is 13.5. The molecular weight excluding hydrogens is 488 g/mol. The van der Waals surface area contributed by atoms with Crippen LogP contribution in [0.4, 0.5) is 0 Å². The molecule has 1 aliphatic heterocycles. The molecule has 4 atom stereocenters. The van der Waals surface area contributed by atoms with Gasteiger partial charge in [0.05, 0.1) is 39.6 Å². The Kier molecular flexibility index (Phi) is 10.3. The first-order valence-electron chi connectivity index (χ1n) is 13.5. The van der Waals surface area contributed by atoms with Crippen molar-refractivity contribution in [1.82, 2.24) is 0 Å². The summed E-state index contributed by atoms with van der Waals surface area (Å²) < 4.78 is 32.0. The third-order valence-electron chi connectivity index (χ3n) is 6.80. The second kappa shape index (κ2) is 14.7. The average Bonchev–Trinajstić information content (AvgIpc) is 3.00. The average molecular weight is 525 g/mol. The lowest BCUT2D eigenvalue weighted by Gasteiger charge is -2.42. The fourth-order valence-corrected chi connectivity index (χ4v) is 4.70. The van der Waals surface area contributed by atoms with Gasteiger partial charge in [0.25, 0.3) is 0 Å². The number of rotatable bonds is 13. The Morgan fingerprint density at radius 1 is 0.487 bits per heavy atom. The van der Waals surface area contributed by atoms with Gasteiger partial charge in [-0.2, -0.15) is 0 Å². The summed E-state index contributed by atoms with van der Waals surface area (Å²) in [6.07, 6.45) is -1.30. The Morgan fingerprint density at radius 2 is 0.897 bits per heavy atom. The highest BCUT2D eigenvalue weighted by atomic mass is 16.6. The molecule has 39 heavy (non-hydrogen) atoms. The van der Waals surface area contributed by atoms with Crippen LogP contribution in [0, 0.1) is 0 Å². The summed E-state index contributed by atoms with van der Waals surface area (Å²) in [5.74, 6) is 0. The van der Waals surface area contributed by atoms with Crippen molar-refractivity contribution in [3.05, 3.63) is 144 Å². The van der Waals surface area contributed by atoms with E-state index >= 15 is 0 Å². The molecule has 1 fully saturated rings. The minimum absolute atomic E-state index is 0.292. The number of ether oxygens (including phenoxy) is 5. The highest BCUT2D eigenvalue weighted by molar-refractivity contribution is 5.16. The van der Waals surface area contributed by atoms with Gasteiger partial charge in [-0.25, -0.2) is 0 Å². The quantitative estimate of drug-likeness (QED) is 0.204. The molecule has 202 valence electrons. The Labute approximate surface area is 231 Å². The first kappa shape index (κ1) is 27.3. The Bertz CT molecular complexity index is 1200. The SMILES string of the molecule is c1ccc(COCC2OCC(OCc3ccccc3)C(OCc3ccccc3)[C@@H]2OCc2ccccc2)cc1. The molecule has 4 aromatic rings. The molecule has 1 aliphatic rings. The van der Waals surface area contributed by atoms with Crippen LogP contribution in [0.1, 0.15) is 22.3 Å². The van der Waals surface area contributed by atoms with E-state index in [9.17, 15) is 0 Å². The Hall–Kier alpha value is -3.32. The van der Waals surface area contributed by atoms with Gasteiger partial charge in [0.15, 0.2) is 0 Å². The fraction of sp³-hybridized carbons (Fsp3) is 0.294.